The van der Waals surface area contributed by atoms with Crippen LogP contribution in [0, 0.1) is 0 Å². The maximum atomic E-state index is 11.6. The highest BCUT2D eigenvalue weighted by Gasteiger charge is 2.42. The van der Waals surface area contributed by atoms with Crippen LogP contribution in [0.2, 0.25) is 0 Å². The van der Waals surface area contributed by atoms with E-state index >= 15 is 0 Å². The Balaban J connectivity index is 2.88. The van der Waals surface area contributed by atoms with Crippen LogP contribution in [-0.4, -0.2) is 46.6 Å². The largest absolute Gasteiger partial charge is 0.327 e. The topological polar surface area (TPSA) is 40.6 Å². The van der Waals surface area contributed by atoms with Crippen LogP contribution in [-0.2, 0) is 4.79 Å². The molecule has 0 spiro atoms. The molecule has 1 unspecified atom stereocenters. The molecule has 1 atom stereocenters. The predicted molar refractivity (Wildman–Crippen MR) is 52.8 cm³/mol. The molecule has 1 heterocycles. The van der Waals surface area contributed by atoms with Crippen molar-refractivity contribution in [2.75, 3.05) is 18.8 Å². The molecular weight excluding hydrogens is 188 g/mol. The van der Waals surface area contributed by atoms with Crippen LogP contribution in [0.15, 0.2) is 0 Å². The monoisotopic (exact) mass is 202 g/mol. The van der Waals surface area contributed by atoms with Gasteiger partial charge in [0.2, 0.25) is 0 Å². The van der Waals surface area contributed by atoms with Crippen LogP contribution < -0.4 is 0 Å². The van der Waals surface area contributed by atoms with E-state index in [1.807, 2.05) is 6.92 Å². The molecule has 0 aromatic rings. The highest BCUT2D eigenvalue weighted by molar-refractivity contribution is 7.80. The van der Waals surface area contributed by atoms with E-state index in [0.717, 1.165) is 0 Å². The van der Waals surface area contributed by atoms with E-state index in [4.69, 9.17) is 0 Å². The van der Waals surface area contributed by atoms with E-state index in [-0.39, 0.29) is 18.0 Å². The van der Waals surface area contributed by atoms with Crippen molar-refractivity contribution in [3.63, 3.8) is 0 Å². The minimum atomic E-state index is -0.360. The van der Waals surface area contributed by atoms with Crippen molar-refractivity contribution in [3.8, 4) is 0 Å². The Kier molecular flexibility index (Phi) is 3.19. The van der Waals surface area contributed by atoms with Gasteiger partial charge in [-0.1, -0.05) is 0 Å². The van der Waals surface area contributed by atoms with E-state index in [1.54, 1.807) is 11.8 Å². The van der Waals surface area contributed by atoms with Crippen LogP contribution >= 0.6 is 12.6 Å². The number of nitrogens with zero attached hydrogens (tertiary/aromatic N) is 2. The zero-order chi connectivity index (χ0) is 10.0. The molecule has 1 fully saturated rings. The lowest BCUT2D eigenvalue weighted by Gasteiger charge is -2.17. The van der Waals surface area contributed by atoms with Gasteiger partial charge in [0.05, 0.1) is 0 Å². The minimum Gasteiger partial charge on any atom is -0.312 e. The first-order valence-electron chi connectivity index (χ1n) is 4.40. The fraction of sp³-hybridized carbons (Fsp3) is 0.750. The van der Waals surface area contributed by atoms with Crippen molar-refractivity contribution < 1.29 is 9.59 Å². The normalized spacial score (nSPS) is 23.2. The van der Waals surface area contributed by atoms with Crippen molar-refractivity contribution in [2.45, 2.75) is 19.9 Å². The number of carbonyl (C=O) groups is 2. The quantitative estimate of drug-likeness (QED) is 0.537. The lowest BCUT2D eigenvalue weighted by atomic mass is 10.3. The van der Waals surface area contributed by atoms with Gasteiger partial charge >= 0.3 is 6.03 Å². The Morgan fingerprint density at radius 3 is 2.23 bits per heavy atom. The molecule has 0 saturated carbocycles. The molecule has 4 nitrogen and oxygen atoms in total. The number of rotatable bonds is 3. The Labute approximate surface area is 83.3 Å². The lowest BCUT2D eigenvalue weighted by molar-refractivity contribution is -0.127. The van der Waals surface area contributed by atoms with E-state index < -0.39 is 0 Å². The number of thiol groups is 1. The first kappa shape index (κ1) is 10.4. The molecule has 3 amide bonds. The third-order valence-corrected chi connectivity index (χ3v) is 2.58. The third-order valence-electron chi connectivity index (χ3n) is 2.23. The Bertz CT molecular complexity index is 210. The van der Waals surface area contributed by atoms with Crippen LogP contribution in [0.25, 0.3) is 0 Å². The molecule has 13 heavy (non-hydrogen) atoms. The van der Waals surface area contributed by atoms with Gasteiger partial charge in [0.25, 0.3) is 5.91 Å². The number of hydrogen-bond donors (Lipinski definition) is 1. The molecule has 1 aliphatic heterocycles. The molecule has 1 aliphatic rings. The number of likely N-dealkylation sites (N-methyl/N-ethyl adjacent to an activating group) is 2. The summed E-state index contributed by atoms with van der Waals surface area (Å²) >= 11 is 4.07. The fourth-order valence-corrected chi connectivity index (χ4v) is 1.87. The molecular formula is C8H14N2O2S. The SMILES string of the molecule is CCN1C(=O)C(CS)N(CC)C1=O. The second-order valence-corrected chi connectivity index (χ2v) is 3.21. The molecule has 0 aromatic carbocycles. The Hall–Kier alpha value is -0.710. The molecule has 0 N–H and O–H groups in total. The van der Waals surface area contributed by atoms with Crippen LogP contribution in [0.4, 0.5) is 4.79 Å². The molecule has 0 aliphatic carbocycles. The molecule has 1 saturated heterocycles. The van der Waals surface area contributed by atoms with Crippen LogP contribution in [0.3, 0.4) is 0 Å². The zero-order valence-electron chi connectivity index (χ0n) is 7.86. The maximum Gasteiger partial charge on any atom is 0.327 e. The molecule has 5 heteroatoms. The number of imide groups is 1. The van der Waals surface area contributed by atoms with Gasteiger partial charge in [0.1, 0.15) is 6.04 Å². The van der Waals surface area contributed by atoms with Gasteiger partial charge in [-0.05, 0) is 13.8 Å². The van der Waals surface area contributed by atoms with E-state index in [9.17, 15) is 9.59 Å². The van der Waals surface area contributed by atoms with Gasteiger partial charge in [0, 0.05) is 18.8 Å². The summed E-state index contributed by atoms with van der Waals surface area (Å²) in [5.41, 5.74) is 0. The molecule has 0 aromatic heterocycles. The van der Waals surface area contributed by atoms with Crippen molar-refractivity contribution in [1.82, 2.24) is 9.80 Å². The smallest absolute Gasteiger partial charge is 0.312 e. The van der Waals surface area contributed by atoms with Crippen molar-refractivity contribution in [1.29, 1.82) is 0 Å². The molecule has 0 radical (unpaired) electrons. The van der Waals surface area contributed by atoms with Crippen LogP contribution in [0.5, 0.6) is 0 Å². The minimum absolute atomic E-state index is 0.121. The van der Waals surface area contributed by atoms with Crippen molar-refractivity contribution >= 4 is 24.6 Å². The summed E-state index contributed by atoms with van der Waals surface area (Å²) in [5, 5.41) is 0. The number of amides is 3. The van der Waals surface area contributed by atoms with Crippen molar-refractivity contribution in [2.24, 2.45) is 0 Å². The predicted octanol–water partition coefficient (Wildman–Crippen LogP) is 0.589. The second-order valence-electron chi connectivity index (χ2n) is 2.85. The highest BCUT2D eigenvalue weighted by Crippen LogP contribution is 2.17. The van der Waals surface area contributed by atoms with E-state index in [0.29, 0.717) is 18.8 Å². The maximum absolute atomic E-state index is 11.6. The fourth-order valence-electron chi connectivity index (χ4n) is 1.52. The summed E-state index contributed by atoms with van der Waals surface area (Å²) in [6.45, 7) is 4.66. The first-order valence-corrected chi connectivity index (χ1v) is 5.03. The van der Waals surface area contributed by atoms with Gasteiger partial charge in [-0.15, -0.1) is 0 Å². The Morgan fingerprint density at radius 1 is 1.31 bits per heavy atom. The average Bonchev–Trinajstić information content (AvgIpc) is 2.36. The summed E-state index contributed by atoms with van der Waals surface area (Å²) in [6.07, 6.45) is 0. The first-order chi connectivity index (χ1) is 6.17. The zero-order valence-corrected chi connectivity index (χ0v) is 8.75. The van der Waals surface area contributed by atoms with Gasteiger partial charge in [-0.3, -0.25) is 9.69 Å². The Morgan fingerprint density at radius 2 is 1.92 bits per heavy atom. The van der Waals surface area contributed by atoms with E-state index in [2.05, 4.69) is 12.6 Å². The lowest BCUT2D eigenvalue weighted by Crippen LogP contribution is -2.36. The third kappa shape index (κ3) is 1.52. The van der Waals surface area contributed by atoms with Crippen LogP contribution in [0.1, 0.15) is 13.8 Å². The molecule has 1 rings (SSSR count). The number of carbonyl (C=O) groups excluding carboxylic acids is 2. The summed E-state index contributed by atoms with van der Waals surface area (Å²) in [4.78, 5) is 25.9. The van der Waals surface area contributed by atoms with Gasteiger partial charge in [-0.2, -0.15) is 12.6 Å². The molecule has 74 valence electrons. The summed E-state index contributed by atoms with van der Waals surface area (Å²) in [5.74, 6) is 0.277. The second kappa shape index (κ2) is 4.00. The standard InChI is InChI=1S/C8H14N2O2S/c1-3-9-6(5-13)7(11)10(4-2)8(9)12/h6,13H,3-5H2,1-2H3. The molecule has 0 bridgehead atoms. The van der Waals surface area contributed by atoms with Crippen molar-refractivity contribution in [3.05, 3.63) is 0 Å². The summed E-state index contributed by atoms with van der Waals surface area (Å²) < 4.78 is 0. The highest BCUT2D eigenvalue weighted by atomic mass is 32.1. The number of hydrogen-bond acceptors (Lipinski definition) is 3. The number of urea groups is 1. The average molecular weight is 202 g/mol. The summed E-state index contributed by atoms with van der Waals surface area (Å²) in [6, 6.07) is -0.546. The van der Waals surface area contributed by atoms with Gasteiger partial charge in [0.15, 0.2) is 0 Å². The van der Waals surface area contributed by atoms with Gasteiger partial charge in [-0.25, -0.2) is 4.79 Å². The summed E-state index contributed by atoms with van der Waals surface area (Å²) in [7, 11) is 0. The van der Waals surface area contributed by atoms with E-state index in [1.165, 1.54) is 4.90 Å². The van der Waals surface area contributed by atoms with Gasteiger partial charge < -0.3 is 4.90 Å².